The highest BCUT2D eigenvalue weighted by Gasteiger charge is 2.38. The molecule has 2 atom stereocenters. The molecule has 108 valence electrons. The lowest BCUT2D eigenvalue weighted by molar-refractivity contribution is -0.116. The lowest BCUT2D eigenvalue weighted by atomic mass is 9.71. The summed E-state index contributed by atoms with van der Waals surface area (Å²) in [5.41, 5.74) is 2.77. The highest BCUT2D eigenvalue weighted by molar-refractivity contribution is 5.97. The molecule has 1 fully saturated rings. The van der Waals surface area contributed by atoms with Crippen LogP contribution in [0.5, 0.6) is 0 Å². The fraction of sp³-hybridized carbons (Fsp3) is 0.812. The molecular weight excluding hydrogens is 258 g/mol. The molecule has 0 radical (unpaired) electrons. The number of hydrogen-bond donors (Lipinski definition) is 0. The summed E-state index contributed by atoms with van der Waals surface area (Å²) >= 11 is 0. The first-order valence-electron chi connectivity index (χ1n) is 7.77. The van der Waals surface area contributed by atoms with E-state index in [9.17, 15) is 4.79 Å². The van der Waals surface area contributed by atoms with E-state index in [-0.39, 0.29) is 12.4 Å². The summed E-state index contributed by atoms with van der Waals surface area (Å²) in [6.07, 6.45) is 9.34. The van der Waals surface area contributed by atoms with Crippen LogP contribution in [0.2, 0.25) is 0 Å². The van der Waals surface area contributed by atoms with Gasteiger partial charge in [0.25, 0.3) is 0 Å². The van der Waals surface area contributed by atoms with Gasteiger partial charge in [0.15, 0.2) is 5.78 Å². The Kier molecular flexibility index (Phi) is 5.08. The summed E-state index contributed by atoms with van der Waals surface area (Å²) in [7, 11) is 0. The Morgan fingerprint density at radius 2 is 2.05 bits per heavy atom. The lowest BCUT2D eigenvalue weighted by Crippen LogP contribution is -2.48. The maximum Gasteiger partial charge on any atom is 0.158 e. The Morgan fingerprint density at radius 1 is 1.21 bits per heavy atom. The summed E-state index contributed by atoms with van der Waals surface area (Å²) in [6.45, 7) is 4.81. The second-order valence-corrected chi connectivity index (χ2v) is 6.27. The molecule has 19 heavy (non-hydrogen) atoms. The third kappa shape index (κ3) is 2.90. The maximum atomic E-state index is 12.0. The van der Waals surface area contributed by atoms with Gasteiger partial charge in [-0.3, -0.25) is 9.69 Å². The van der Waals surface area contributed by atoms with Gasteiger partial charge in [0.05, 0.1) is 0 Å². The first-order valence-corrected chi connectivity index (χ1v) is 7.77. The molecule has 2 nitrogen and oxygen atoms in total. The first-order chi connectivity index (χ1) is 8.79. The number of carbonyl (C=O) groups is 1. The molecule has 0 spiro atoms. The van der Waals surface area contributed by atoms with E-state index in [4.69, 9.17) is 0 Å². The minimum absolute atomic E-state index is 0. The predicted molar refractivity (Wildman–Crippen MR) is 80.7 cm³/mol. The van der Waals surface area contributed by atoms with Crippen molar-refractivity contribution in [2.24, 2.45) is 5.92 Å². The number of nitrogens with zero attached hydrogens (tertiary/aromatic N) is 1. The summed E-state index contributed by atoms with van der Waals surface area (Å²) in [5, 5.41) is 0. The van der Waals surface area contributed by atoms with Gasteiger partial charge in [0.2, 0.25) is 0 Å². The largest absolute Gasteiger partial charge is 0.300 e. The van der Waals surface area contributed by atoms with Crippen molar-refractivity contribution < 1.29 is 4.79 Å². The van der Waals surface area contributed by atoms with E-state index in [1.165, 1.54) is 56.3 Å². The van der Waals surface area contributed by atoms with Crippen LogP contribution in [0.25, 0.3) is 0 Å². The smallest absolute Gasteiger partial charge is 0.158 e. The Hall–Kier alpha value is -0.340. The molecule has 0 amide bonds. The number of hydrogen-bond acceptors (Lipinski definition) is 2. The fourth-order valence-electron chi connectivity index (χ4n) is 4.27. The number of piperidine rings is 1. The average Bonchev–Trinajstić information content (AvgIpc) is 2.38. The van der Waals surface area contributed by atoms with Crippen LogP contribution in [-0.2, 0) is 4.79 Å². The van der Waals surface area contributed by atoms with Crippen molar-refractivity contribution in [3.63, 3.8) is 0 Å². The Bertz CT molecular complexity index is 375. The Balaban J connectivity index is 0.00000133. The molecule has 1 heterocycles. The molecule has 3 aliphatic rings. The lowest BCUT2D eigenvalue weighted by Gasteiger charge is -2.46. The Morgan fingerprint density at radius 3 is 2.84 bits per heavy atom. The molecule has 0 unspecified atom stereocenters. The van der Waals surface area contributed by atoms with Crippen molar-refractivity contribution in [3.8, 4) is 0 Å². The van der Waals surface area contributed by atoms with Crippen LogP contribution in [0.1, 0.15) is 58.3 Å². The molecule has 1 aliphatic heterocycles. The molecular formula is C16H26ClNO. The summed E-state index contributed by atoms with van der Waals surface area (Å²) < 4.78 is 0. The van der Waals surface area contributed by atoms with Gasteiger partial charge in [-0.05, 0) is 69.5 Å². The second kappa shape index (κ2) is 6.41. The van der Waals surface area contributed by atoms with E-state index in [1.54, 1.807) is 0 Å². The fourth-order valence-corrected chi connectivity index (χ4v) is 4.27. The van der Waals surface area contributed by atoms with Gasteiger partial charge in [0.1, 0.15) is 0 Å². The van der Waals surface area contributed by atoms with Crippen molar-refractivity contribution in [3.05, 3.63) is 11.1 Å². The van der Waals surface area contributed by atoms with Gasteiger partial charge >= 0.3 is 0 Å². The van der Waals surface area contributed by atoms with Crippen LogP contribution in [-0.4, -0.2) is 29.8 Å². The van der Waals surface area contributed by atoms with Crippen molar-refractivity contribution in [2.75, 3.05) is 13.1 Å². The number of fused-ring (bicyclic) bond motifs is 1. The zero-order valence-electron chi connectivity index (χ0n) is 12.0. The summed E-state index contributed by atoms with van der Waals surface area (Å²) in [5.74, 6) is 1.24. The minimum Gasteiger partial charge on any atom is -0.300 e. The molecule has 0 aromatic heterocycles. The number of carbonyl (C=O) groups excluding carboxylic acids is 1. The number of Topliss-reactive ketones (excluding diaryl/α,β-unsaturated/α-hetero) is 1. The van der Waals surface area contributed by atoms with Crippen LogP contribution in [0, 0.1) is 5.92 Å². The van der Waals surface area contributed by atoms with Crippen molar-refractivity contribution in [2.45, 2.75) is 64.3 Å². The molecule has 0 saturated carbocycles. The minimum atomic E-state index is 0. The molecule has 0 bridgehead atoms. The zero-order valence-corrected chi connectivity index (χ0v) is 12.8. The summed E-state index contributed by atoms with van der Waals surface area (Å²) in [6, 6.07) is 0.753. The number of ketones is 1. The highest BCUT2D eigenvalue weighted by atomic mass is 35.5. The molecule has 3 rings (SSSR count). The van der Waals surface area contributed by atoms with Crippen molar-refractivity contribution in [1.82, 2.24) is 4.90 Å². The molecule has 1 saturated heterocycles. The van der Waals surface area contributed by atoms with E-state index < -0.39 is 0 Å². The van der Waals surface area contributed by atoms with Crippen LogP contribution < -0.4 is 0 Å². The third-order valence-corrected chi connectivity index (χ3v) is 5.11. The summed E-state index contributed by atoms with van der Waals surface area (Å²) in [4.78, 5) is 14.7. The van der Waals surface area contributed by atoms with Crippen molar-refractivity contribution in [1.29, 1.82) is 0 Å². The normalized spacial score (nSPS) is 31.5. The van der Waals surface area contributed by atoms with Gasteiger partial charge < -0.3 is 0 Å². The van der Waals surface area contributed by atoms with Gasteiger partial charge in [-0.25, -0.2) is 0 Å². The van der Waals surface area contributed by atoms with Gasteiger partial charge in [0, 0.05) is 12.5 Å². The topological polar surface area (TPSA) is 20.3 Å². The van der Waals surface area contributed by atoms with Crippen LogP contribution in [0.4, 0.5) is 0 Å². The molecule has 0 aromatic carbocycles. The van der Waals surface area contributed by atoms with Crippen LogP contribution in [0.3, 0.4) is 0 Å². The van der Waals surface area contributed by atoms with Crippen LogP contribution in [0.15, 0.2) is 11.1 Å². The first kappa shape index (κ1) is 15.1. The average molecular weight is 284 g/mol. The van der Waals surface area contributed by atoms with Crippen LogP contribution >= 0.6 is 12.4 Å². The number of likely N-dealkylation sites (tertiary alicyclic amines) is 1. The maximum absolute atomic E-state index is 12.0. The third-order valence-electron chi connectivity index (χ3n) is 5.11. The molecule has 3 heteroatoms. The second-order valence-electron chi connectivity index (χ2n) is 6.27. The zero-order chi connectivity index (χ0) is 12.5. The molecule has 2 aliphatic carbocycles. The monoisotopic (exact) mass is 283 g/mol. The van der Waals surface area contributed by atoms with Gasteiger partial charge in [-0.15, -0.1) is 12.4 Å². The van der Waals surface area contributed by atoms with E-state index in [0.29, 0.717) is 5.78 Å². The molecule has 0 N–H and O–H groups in total. The Labute approximate surface area is 123 Å². The van der Waals surface area contributed by atoms with E-state index in [1.807, 2.05) is 0 Å². The van der Waals surface area contributed by atoms with Gasteiger partial charge in [-0.1, -0.05) is 12.5 Å². The quantitative estimate of drug-likeness (QED) is 0.769. The standard InChI is InChI=1S/C16H25NO.ClH/c1-2-8-17-9-4-6-13-10-14-12(11-15(13)17)5-3-7-16(14)18;/h13,15H,2-11H2,1H3;1H/t13-,15+;/m0./s1. The predicted octanol–water partition coefficient (Wildman–Crippen LogP) is 3.74. The number of halogens is 1. The van der Waals surface area contributed by atoms with E-state index in [0.717, 1.165) is 31.2 Å². The SMILES string of the molecule is CCCN1CCC[C@H]2CC3=C(CCCC3=O)C[C@H]21.Cl. The highest BCUT2D eigenvalue weighted by Crippen LogP contribution is 2.42. The van der Waals surface area contributed by atoms with E-state index in [2.05, 4.69) is 11.8 Å². The van der Waals surface area contributed by atoms with Crippen molar-refractivity contribution >= 4 is 18.2 Å². The molecule has 0 aromatic rings. The number of rotatable bonds is 2. The van der Waals surface area contributed by atoms with E-state index >= 15 is 0 Å². The number of allylic oxidation sites excluding steroid dienone is 1. The van der Waals surface area contributed by atoms with Gasteiger partial charge in [-0.2, -0.15) is 0 Å².